The van der Waals surface area contributed by atoms with E-state index in [1.807, 2.05) is 6.92 Å². The van der Waals surface area contributed by atoms with Crippen molar-refractivity contribution in [1.82, 2.24) is 10.2 Å². The highest BCUT2D eigenvalue weighted by Crippen LogP contribution is 2.12. The number of carbonyl (C=O) groups is 1. The van der Waals surface area contributed by atoms with Crippen molar-refractivity contribution in [3.8, 4) is 0 Å². The number of likely N-dealkylation sites (N-methyl/N-ethyl adjacent to an activating group) is 1. The van der Waals surface area contributed by atoms with E-state index in [4.69, 9.17) is 0 Å². The normalized spacial score (nSPS) is 17.0. The minimum atomic E-state index is -0.0667. The smallest absolute Gasteiger partial charge is 0.320 e. The van der Waals surface area contributed by atoms with Crippen LogP contribution < -0.4 is 5.32 Å². The third-order valence-electron chi connectivity index (χ3n) is 2.07. The fraction of sp³-hybridized carbons (Fsp3) is 0.300. The Hall–Kier alpha value is -1.51. The van der Waals surface area contributed by atoms with Crippen LogP contribution in [-0.2, 0) is 0 Å². The third kappa shape index (κ3) is 1.80. The molecule has 1 aliphatic rings. The molecule has 0 saturated carbocycles. The van der Waals surface area contributed by atoms with Gasteiger partial charge < -0.3 is 10.2 Å². The lowest BCUT2D eigenvalue weighted by Gasteiger charge is -2.28. The van der Waals surface area contributed by atoms with E-state index in [1.165, 1.54) is 0 Å². The summed E-state index contributed by atoms with van der Waals surface area (Å²) in [6.45, 7) is 10.6. The van der Waals surface area contributed by atoms with Gasteiger partial charge in [-0.1, -0.05) is 19.2 Å². The number of nitrogens with zero attached hydrogens (tertiary/aromatic N) is 1. The van der Waals surface area contributed by atoms with Crippen molar-refractivity contribution in [3.63, 3.8) is 0 Å². The summed E-state index contributed by atoms with van der Waals surface area (Å²) in [6, 6.07) is -0.0667. The molecule has 2 amide bonds. The van der Waals surface area contributed by atoms with Gasteiger partial charge in [0.2, 0.25) is 0 Å². The van der Waals surface area contributed by atoms with E-state index in [2.05, 4.69) is 18.5 Å². The lowest BCUT2D eigenvalue weighted by Crippen LogP contribution is -2.44. The lowest BCUT2D eigenvalue weighted by atomic mass is 10.1. The second-order valence-corrected chi connectivity index (χ2v) is 2.79. The van der Waals surface area contributed by atoms with Crippen LogP contribution in [0.2, 0.25) is 0 Å². The Balaban J connectivity index is 2.93. The van der Waals surface area contributed by atoms with Crippen LogP contribution in [0.25, 0.3) is 0 Å². The Morgan fingerprint density at radius 1 is 1.54 bits per heavy atom. The summed E-state index contributed by atoms with van der Waals surface area (Å²) >= 11 is 0. The molecule has 0 unspecified atom stereocenters. The molecule has 0 radical (unpaired) electrons. The molecule has 0 atom stereocenters. The monoisotopic (exact) mass is 178 g/mol. The Bertz CT molecular complexity index is 279. The van der Waals surface area contributed by atoms with Gasteiger partial charge in [0.05, 0.1) is 0 Å². The number of urea groups is 1. The van der Waals surface area contributed by atoms with E-state index in [0.29, 0.717) is 13.1 Å². The first-order valence-electron chi connectivity index (χ1n) is 4.26. The van der Waals surface area contributed by atoms with Crippen LogP contribution in [0.4, 0.5) is 4.79 Å². The molecule has 0 aliphatic carbocycles. The maximum Gasteiger partial charge on any atom is 0.322 e. The van der Waals surface area contributed by atoms with Gasteiger partial charge in [-0.15, -0.1) is 0 Å². The molecule has 0 fully saturated rings. The molecule has 0 aromatic carbocycles. The highest BCUT2D eigenvalue weighted by molar-refractivity contribution is 5.79. The van der Waals surface area contributed by atoms with E-state index in [9.17, 15) is 4.79 Å². The second-order valence-electron chi connectivity index (χ2n) is 2.79. The first-order chi connectivity index (χ1) is 6.22. The molecule has 1 aliphatic heterocycles. The minimum Gasteiger partial charge on any atom is -0.320 e. The molecular weight excluding hydrogens is 164 g/mol. The minimum absolute atomic E-state index is 0.0667. The zero-order chi connectivity index (χ0) is 9.84. The maximum absolute atomic E-state index is 11.4. The van der Waals surface area contributed by atoms with Crippen molar-refractivity contribution in [3.05, 3.63) is 36.6 Å². The van der Waals surface area contributed by atoms with Gasteiger partial charge in [0.25, 0.3) is 0 Å². The molecule has 3 heteroatoms. The number of nitrogens with one attached hydrogen (secondary N) is 1. The van der Waals surface area contributed by atoms with Crippen molar-refractivity contribution < 1.29 is 4.79 Å². The Morgan fingerprint density at radius 3 is 2.69 bits per heavy atom. The molecule has 0 saturated heterocycles. The molecule has 1 heterocycles. The molecule has 3 nitrogen and oxygen atoms in total. The summed E-state index contributed by atoms with van der Waals surface area (Å²) in [5.41, 5.74) is 1.78. The van der Waals surface area contributed by atoms with Gasteiger partial charge in [-0.2, -0.15) is 0 Å². The number of allylic oxidation sites excluding steroid dienone is 1. The summed E-state index contributed by atoms with van der Waals surface area (Å²) < 4.78 is 0. The van der Waals surface area contributed by atoms with Crippen LogP contribution in [0.5, 0.6) is 0 Å². The predicted octanol–water partition coefficient (Wildman–Crippen LogP) is 1.66. The van der Waals surface area contributed by atoms with Gasteiger partial charge in [-0.25, -0.2) is 4.79 Å². The molecular formula is C10H14N2O. The van der Waals surface area contributed by atoms with Gasteiger partial charge in [-0.05, 0) is 18.6 Å². The van der Waals surface area contributed by atoms with Gasteiger partial charge in [0, 0.05) is 18.8 Å². The zero-order valence-corrected chi connectivity index (χ0v) is 7.84. The number of hydrogen-bond acceptors (Lipinski definition) is 1. The van der Waals surface area contributed by atoms with E-state index < -0.39 is 0 Å². The van der Waals surface area contributed by atoms with Crippen LogP contribution in [-0.4, -0.2) is 24.0 Å². The molecule has 1 N–H and O–H groups in total. The van der Waals surface area contributed by atoms with Crippen LogP contribution in [0.15, 0.2) is 36.6 Å². The van der Waals surface area contributed by atoms with Gasteiger partial charge in [0.15, 0.2) is 0 Å². The summed E-state index contributed by atoms with van der Waals surface area (Å²) in [5.74, 6) is 0. The van der Waals surface area contributed by atoms with Crippen molar-refractivity contribution >= 4 is 6.03 Å². The summed E-state index contributed by atoms with van der Waals surface area (Å²) in [6.07, 6.45) is 3.39. The van der Waals surface area contributed by atoms with Crippen LogP contribution in [0.3, 0.4) is 0 Å². The predicted molar refractivity (Wildman–Crippen MR) is 53.2 cm³/mol. The summed E-state index contributed by atoms with van der Waals surface area (Å²) in [5, 5.41) is 2.75. The topological polar surface area (TPSA) is 32.3 Å². The number of rotatable bonds is 3. The van der Waals surface area contributed by atoms with E-state index in [1.54, 1.807) is 17.1 Å². The quantitative estimate of drug-likeness (QED) is 0.700. The maximum atomic E-state index is 11.4. The van der Waals surface area contributed by atoms with E-state index in [-0.39, 0.29) is 6.03 Å². The van der Waals surface area contributed by atoms with Crippen LogP contribution in [0, 0.1) is 0 Å². The van der Waals surface area contributed by atoms with Gasteiger partial charge >= 0.3 is 6.03 Å². The zero-order valence-electron chi connectivity index (χ0n) is 7.84. The molecule has 0 spiro atoms. The number of carbonyl (C=O) groups excluding carboxylic acids is 1. The van der Waals surface area contributed by atoms with Crippen LogP contribution in [0.1, 0.15) is 6.92 Å². The molecule has 0 aromatic rings. The van der Waals surface area contributed by atoms with Crippen molar-refractivity contribution in [2.75, 3.05) is 13.1 Å². The van der Waals surface area contributed by atoms with Gasteiger partial charge in [-0.3, -0.25) is 0 Å². The van der Waals surface area contributed by atoms with Gasteiger partial charge in [0.1, 0.15) is 0 Å². The third-order valence-corrected chi connectivity index (χ3v) is 2.07. The number of amides is 2. The summed E-state index contributed by atoms with van der Waals surface area (Å²) in [4.78, 5) is 13.1. The molecule has 70 valence electrons. The molecule has 13 heavy (non-hydrogen) atoms. The molecule has 0 bridgehead atoms. The van der Waals surface area contributed by atoms with Crippen LogP contribution >= 0.6 is 0 Å². The number of hydrogen-bond donors (Lipinski definition) is 1. The Morgan fingerprint density at radius 2 is 2.23 bits per heavy atom. The average Bonchev–Trinajstić information content (AvgIpc) is 2.17. The Labute approximate surface area is 78.4 Å². The van der Waals surface area contributed by atoms with E-state index >= 15 is 0 Å². The fourth-order valence-corrected chi connectivity index (χ4v) is 1.25. The average molecular weight is 178 g/mol. The first-order valence-corrected chi connectivity index (χ1v) is 4.26. The first kappa shape index (κ1) is 9.58. The van der Waals surface area contributed by atoms with Crippen molar-refractivity contribution in [2.24, 2.45) is 0 Å². The Kier molecular flexibility index (Phi) is 2.90. The van der Waals surface area contributed by atoms with Crippen molar-refractivity contribution in [1.29, 1.82) is 0 Å². The SMILES string of the molecule is C=CC1=C(C=C)NC(=O)N(CC)C1. The second kappa shape index (κ2) is 3.94. The highest BCUT2D eigenvalue weighted by Gasteiger charge is 2.19. The molecule has 0 aromatic heterocycles. The summed E-state index contributed by atoms with van der Waals surface area (Å²) in [7, 11) is 0. The fourth-order valence-electron chi connectivity index (χ4n) is 1.25. The van der Waals surface area contributed by atoms with E-state index in [0.717, 1.165) is 11.3 Å². The lowest BCUT2D eigenvalue weighted by molar-refractivity contribution is 0.204. The molecule has 1 rings (SSSR count). The largest absolute Gasteiger partial charge is 0.322 e. The van der Waals surface area contributed by atoms with Crippen molar-refractivity contribution in [2.45, 2.75) is 6.92 Å². The standard InChI is InChI=1S/C10H14N2O/c1-4-8-7-12(6-3)10(13)11-9(8)5-2/h4-5H,1-2,6-7H2,3H3,(H,11,13). The highest BCUT2D eigenvalue weighted by atomic mass is 16.2.